The molecule has 0 bridgehead atoms. The molecule has 0 saturated heterocycles. The molecular weight excluding hydrogens is 556 g/mol. The summed E-state index contributed by atoms with van der Waals surface area (Å²) in [5.41, 5.74) is 9.86. The van der Waals surface area contributed by atoms with E-state index in [0.29, 0.717) is 5.56 Å². The summed E-state index contributed by atoms with van der Waals surface area (Å²) in [6.45, 7) is 10.5. The molecule has 0 amide bonds. The zero-order valence-electron chi connectivity index (χ0n) is 28.3. The Morgan fingerprint density at radius 2 is 1.48 bits per heavy atom. The predicted octanol–water partition coefficient (Wildman–Crippen LogP) is 12.1. The van der Waals surface area contributed by atoms with Gasteiger partial charge in [0.05, 0.1) is 11.6 Å². The number of fused-ring (bicyclic) bond motifs is 1. The first-order valence-corrected chi connectivity index (χ1v) is 16.9. The first-order valence-electron chi connectivity index (χ1n) is 16.9. The molecule has 0 spiro atoms. The van der Waals surface area contributed by atoms with Gasteiger partial charge >= 0.3 is 0 Å². The number of benzene rings is 5. The van der Waals surface area contributed by atoms with Gasteiger partial charge in [-0.05, 0) is 126 Å². The molecule has 0 fully saturated rings. The maximum atomic E-state index is 9.27. The zero-order valence-corrected chi connectivity index (χ0v) is 28.3. The molecule has 236 valence electrons. The van der Waals surface area contributed by atoms with Crippen molar-refractivity contribution in [3.63, 3.8) is 0 Å². The van der Waals surface area contributed by atoms with Crippen molar-refractivity contribution in [2.75, 3.05) is 12.4 Å². The van der Waals surface area contributed by atoms with E-state index in [4.69, 9.17) is 0 Å². The Labute approximate surface area is 277 Å². The van der Waals surface area contributed by atoms with Crippen molar-refractivity contribution >= 4 is 16.5 Å². The molecule has 1 N–H and O–H groups in total. The lowest BCUT2D eigenvalue weighted by molar-refractivity contribution is 0.324. The number of rotatable bonds is 13. The first-order chi connectivity index (χ1) is 22.4. The van der Waals surface area contributed by atoms with Gasteiger partial charge in [-0.25, -0.2) is 0 Å². The normalized spacial score (nSPS) is 12.0. The number of hydrogen-bond acceptors (Lipinski definition) is 2. The van der Waals surface area contributed by atoms with Gasteiger partial charge in [0, 0.05) is 12.7 Å². The van der Waals surface area contributed by atoms with E-state index in [1.807, 2.05) is 25.2 Å². The third kappa shape index (κ3) is 9.21. The number of hydrogen-bond donors (Lipinski definition) is 1. The summed E-state index contributed by atoms with van der Waals surface area (Å²) in [5.74, 6) is 0. The molecule has 5 aromatic rings. The van der Waals surface area contributed by atoms with Crippen LogP contribution in [-0.2, 0) is 11.8 Å². The monoisotopic (exact) mass is 606 g/mol. The van der Waals surface area contributed by atoms with E-state index < -0.39 is 0 Å². The van der Waals surface area contributed by atoms with Crippen LogP contribution in [0.25, 0.3) is 21.9 Å². The van der Waals surface area contributed by atoms with Crippen LogP contribution in [0.3, 0.4) is 0 Å². The number of unbranched alkanes of at least 4 members (excludes halogenated alkanes) is 1. The summed E-state index contributed by atoms with van der Waals surface area (Å²) >= 11 is 0. The molecule has 0 saturated carbocycles. The minimum absolute atomic E-state index is 0.175. The molecule has 0 aliphatic carbocycles. The minimum atomic E-state index is 0.175. The molecular formula is C44H50N2. The summed E-state index contributed by atoms with van der Waals surface area (Å²) < 4.78 is 0. The van der Waals surface area contributed by atoms with E-state index in [2.05, 4.69) is 136 Å². The van der Waals surface area contributed by atoms with E-state index in [-0.39, 0.29) is 5.41 Å². The van der Waals surface area contributed by atoms with Crippen LogP contribution in [0.5, 0.6) is 0 Å². The number of aryl methyl sites for hydroxylation is 3. The van der Waals surface area contributed by atoms with Gasteiger partial charge in [0.25, 0.3) is 0 Å². The minimum Gasteiger partial charge on any atom is -0.388 e. The van der Waals surface area contributed by atoms with E-state index in [0.717, 1.165) is 24.8 Å². The predicted molar refractivity (Wildman–Crippen MR) is 200 cm³/mol. The third-order valence-electron chi connectivity index (χ3n) is 9.12. The fourth-order valence-corrected chi connectivity index (χ4v) is 6.86. The number of nitrogens with zero attached hydrogens (tertiary/aromatic N) is 1. The topological polar surface area (TPSA) is 35.8 Å². The Bertz CT molecular complexity index is 1720. The lowest BCUT2D eigenvalue weighted by Crippen LogP contribution is -2.26. The second kappa shape index (κ2) is 17.2. The van der Waals surface area contributed by atoms with Crippen LogP contribution >= 0.6 is 0 Å². The third-order valence-corrected chi connectivity index (χ3v) is 9.12. The molecule has 0 aliphatic heterocycles. The molecule has 2 nitrogen and oxygen atoms in total. The van der Waals surface area contributed by atoms with E-state index >= 15 is 0 Å². The molecule has 2 heteroatoms. The highest BCUT2D eigenvalue weighted by Crippen LogP contribution is 2.40. The SMILES string of the molecule is C=CCCC(CCC)(CCCCc1cccc2ccccc12)c1ccc(-c2cccc(C#N)c2)cc1.CNc1cc(C)cc(C)c1. The average Bonchev–Trinajstić information content (AvgIpc) is 3.09. The van der Waals surface area contributed by atoms with Gasteiger partial charge in [-0.1, -0.05) is 111 Å². The molecule has 1 atom stereocenters. The highest BCUT2D eigenvalue weighted by Gasteiger charge is 2.30. The first kappa shape index (κ1) is 34.3. The smallest absolute Gasteiger partial charge is 0.0991 e. The highest BCUT2D eigenvalue weighted by atomic mass is 14.8. The van der Waals surface area contributed by atoms with Gasteiger partial charge in [0.15, 0.2) is 0 Å². The van der Waals surface area contributed by atoms with Crippen LogP contribution in [0.2, 0.25) is 0 Å². The molecule has 46 heavy (non-hydrogen) atoms. The van der Waals surface area contributed by atoms with Gasteiger partial charge in [0.1, 0.15) is 0 Å². The summed E-state index contributed by atoms with van der Waals surface area (Å²) in [4.78, 5) is 0. The van der Waals surface area contributed by atoms with E-state index in [9.17, 15) is 5.26 Å². The second-order valence-corrected chi connectivity index (χ2v) is 12.6. The van der Waals surface area contributed by atoms with Crippen molar-refractivity contribution < 1.29 is 0 Å². The Balaban J connectivity index is 0.000000409. The fraction of sp³-hybridized carbons (Fsp3) is 0.295. The molecule has 5 rings (SSSR count). The molecule has 1 unspecified atom stereocenters. The van der Waals surface area contributed by atoms with Gasteiger partial charge in [-0.2, -0.15) is 5.26 Å². The zero-order chi connectivity index (χ0) is 32.8. The molecule has 5 aromatic carbocycles. The fourth-order valence-electron chi connectivity index (χ4n) is 6.86. The van der Waals surface area contributed by atoms with E-state index in [1.54, 1.807) is 0 Å². The van der Waals surface area contributed by atoms with E-state index in [1.165, 1.54) is 76.4 Å². The molecule has 0 radical (unpaired) electrons. The van der Waals surface area contributed by atoms with Gasteiger partial charge in [-0.15, -0.1) is 6.58 Å². The average molecular weight is 607 g/mol. The van der Waals surface area contributed by atoms with Gasteiger partial charge in [0.2, 0.25) is 0 Å². The van der Waals surface area contributed by atoms with Crippen molar-refractivity contribution in [3.05, 3.63) is 150 Å². The van der Waals surface area contributed by atoms with Crippen molar-refractivity contribution in [2.45, 2.75) is 77.6 Å². The van der Waals surface area contributed by atoms with Crippen molar-refractivity contribution in [3.8, 4) is 17.2 Å². The lowest BCUT2D eigenvalue weighted by Gasteiger charge is -2.35. The van der Waals surface area contributed by atoms with Gasteiger partial charge < -0.3 is 5.32 Å². The van der Waals surface area contributed by atoms with Crippen molar-refractivity contribution in [1.82, 2.24) is 0 Å². The summed E-state index contributed by atoms with van der Waals surface area (Å²) in [5, 5.41) is 15.1. The van der Waals surface area contributed by atoms with Crippen LogP contribution in [0.4, 0.5) is 5.69 Å². The summed E-state index contributed by atoms with van der Waals surface area (Å²) in [7, 11) is 1.94. The molecule has 0 heterocycles. The number of allylic oxidation sites excluding steroid dienone is 1. The highest BCUT2D eigenvalue weighted by molar-refractivity contribution is 5.85. The summed E-state index contributed by atoms with van der Waals surface area (Å²) in [6, 6.07) is 41.1. The molecule has 0 aromatic heterocycles. The molecule has 0 aliphatic rings. The van der Waals surface area contributed by atoms with Crippen molar-refractivity contribution in [1.29, 1.82) is 5.26 Å². The largest absolute Gasteiger partial charge is 0.388 e. The van der Waals surface area contributed by atoms with Crippen LogP contribution in [-0.4, -0.2) is 7.05 Å². The maximum Gasteiger partial charge on any atom is 0.0991 e. The summed E-state index contributed by atoms with van der Waals surface area (Å²) in [6.07, 6.45) is 11.4. The standard InChI is InChI=1S/C35H37N.C9H13N/c1-3-5-24-35(23-4-2,25-9-8-14-31-16-11-15-30-13-6-7-18-34(30)31)33-21-19-29(20-22-33)32-17-10-12-28(26-32)27-36;1-7-4-8(2)6-9(5-7)10-3/h3,6-7,10-13,15-22,26H,1,4-5,8-9,14,23-25H2,2H3;4-6,10H,1-3H3. The quantitative estimate of drug-likeness (QED) is 0.107. The van der Waals surface area contributed by atoms with Crippen LogP contribution < -0.4 is 5.32 Å². The maximum absolute atomic E-state index is 9.27. The Kier molecular flexibility index (Phi) is 12.8. The number of nitriles is 1. The second-order valence-electron chi connectivity index (χ2n) is 12.6. The van der Waals surface area contributed by atoms with Crippen LogP contribution in [0, 0.1) is 25.2 Å². The Hall–Kier alpha value is -4.61. The Morgan fingerprint density at radius 1 is 0.761 bits per heavy atom. The Morgan fingerprint density at radius 3 is 2.17 bits per heavy atom. The van der Waals surface area contributed by atoms with Crippen LogP contribution in [0.15, 0.2) is 122 Å². The van der Waals surface area contributed by atoms with Gasteiger partial charge in [-0.3, -0.25) is 0 Å². The lowest BCUT2D eigenvalue weighted by atomic mass is 9.69. The van der Waals surface area contributed by atoms with Crippen LogP contribution in [0.1, 0.15) is 79.7 Å². The number of nitrogens with one attached hydrogen (secondary N) is 1. The number of anilines is 1. The van der Waals surface area contributed by atoms with Crippen molar-refractivity contribution in [2.24, 2.45) is 0 Å².